The van der Waals surface area contributed by atoms with Gasteiger partial charge in [-0.25, -0.2) is 4.79 Å². The quantitative estimate of drug-likeness (QED) is 0.840. The second kappa shape index (κ2) is 6.73. The molecule has 2 rings (SSSR count). The summed E-state index contributed by atoms with van der Waals surface area (Å²) in [5, 5.41) is 12.0. The van der Waals surface area contributed by atoms with E-state index in [1.165, 1.54) is 6.92 Å². The summed E-state index contributed by atoms with van der Waals surface area (Å²) in [4.78, 5) is 23.8. The Bertz CT molecular complexity index is 652. The third-order valence-electron chi connectivity index (χ3n) is 3.83. The number of ether oxygens (including phenoxy) is 2. The van der Waals surface area contributed by atoms with E-state index in [9.17, 15) is 14.7 Å². The number of nitrogens with one attached hydrogen (secondary N) is 1. The van der Waals surface area contributed by atoms with E-state index in [4.69, 9.17) is 9.47 Å². The molecule has 1 atom stereocenters. The summed E-state index contributed by atoms with van der Waals surface area (Å²) in [7, 11) is 1.55. The maximum absolute atomic E-state index is 12.4. The molecular formula is C17H21NO5. The van der Waals surface area contributed by atoms with Gasteiger partial charge in [-0.15, -0.1) is 0 Å². The number of carbonyl (C=O) groups is 2. The summed E-state index contributed by atoms with van der Waals surface area (Å²) in [5.41, 5.74) is -0.177. The van der Waals surface area contributed by atoms with Gasteiger partial charge in [-0.1, -0.05) is 25.5 Å². The number of hydrogen-bond donors (Lipinski definition) is 2. The number of methoxy groups -OCH3 is 1. The van der Waals surface area contributed by atoms with Crippen molar-refractivity contribution >= 4 is 18.0 Å². The minimum Gasteiger partial charge on any atom is -0.493 e. The number of benzene rings is 1. The predicted octanol–water partition coefficient (Wildman–Crippen LogP) is 2.23. The molecule has 124 valence electrons. The zero-order valence-corrected chi connectivity index (χ0v) is 13.5. The van der Waals surface area contributed by atoms with E-state index in [-0.39, 0.29) is 6.61 Å². The highest BCUT2D eigenvalue weighted by Gasteiger charge is 2.35. The number of carboxylic acid groups (broad SMARTS) is 1. The van der Waals surface area contributed by atoms with E-state index in [0.717, 1.165) is 5.56 Å². The van der Waals surface area contributed by atoms with Crippen molar-refractivity contribution in [2.75, 3.05) is 13.7 Å². The molecule has 0 saturated heterocycles. The summed E-state index contributed by atoms with van der Waals surface area (Å²) in [6.45, 7) is 3.46. The zero-order valence-electron chi connectivity index (χ0n) is 13.5. The fourth-order valence-electron chi connectivity index (χ4n) is 2.53. The Morgan fingerprint density at radius 2 is 2.17 bits per heavy atom. The lowest BCUT2D eigenvalue weighted by Gasteiger charge is -2.27. The molecule has 1 aliphatic heterocycles. The zero-order chi connectivity index (χ0) is 17.0. The number of carbonyl (C=O) groups excluding carboxylic acids is 1. The molecule has 1 aromatic carbocycles. The van der Waals surface area contributed by atoms with Crippen LogP contribution in [0.5, 0.6) is 11.5 Å². The monoisotopic (exact) mass is 319 g/mol. The predicted molar refractivity (Wildman–Crippen MR) is 85.6 cm³/mol. The van der Waals surface area contributed by atoms with Crippen LogP contribution in [0.1, 0.15) is 32.3 Å². The van der Waals surface area contributed by atoms with E-state index in [1.807, 2.05) is 13.0 Å². The van der Waals surface area contributed by atoms with E-state index in [0.29, 0.717) is 29.9 Å². The van der Waals surface area contributed by atoms with Gasteiger partial charge in [-0.3, -0.25) is 4.79 Å². The van der Waals surface area contributed by atoms with Crippen molar-refractivity contribution < 1.29 is 24.2 Å². The van der Waals surface area contributed by atoms with Gasteiger partial charge >= 0.3 is 5.97 Å². The molecule has 0 spiro atoms. The van der Waals surface area contributed by atoms with Gasteiger partial charge in [0.15, 0.2) is 11.5 Å². The number of hydrogen-bond acceptors (Lipinski definition) is 4. The second-order valence-electron chi connectivity index (χ2n) is 5.68. The maximum atomic E-state index is 12.4. The van der Waals surface area contributed by atoms with Gasteiger partial charge in [-0.2, -0.15) is 0 Å². The van der Waals surface area contributed by atoms with Gasteiger partial charge in [0.25, 0.3) is 5.91 Å². The molecule has 1 aliphatic rings. The number of rotatable bonds is 6. The lowest BCUT2D eigenvalue weighted by molar-refractivity contribution is -0.146. The number of para-hydroxylation sites is 1. The topological polar surface area (TPSA) is 84.9 Å². The summed E-state index contributed by atoms with van der Waals surface area (Å²) < 4.78 is 10.8. The molecule has 0 saturated carbocycles. The van der Waals surface area contributed by atoms with Crippen LogP contribution in [-0.2, 0) is 9.59 Å². The standard InChI is InChI=1S/C17H21NO5/c1-4-8-17(2,16(20)21)18-15(19)12-9-11-6-5-7-13(22-3)14(11)23-10-12/h5-7,9H,4,8,10H2,1-3H3,(H,18,19)(H,20,21). The maximum Gasteiger partial charge on any atom is 0.329 e. The first-order chi connectivity index (χ1) is 10.9. The molecule has 0 aliphatic carbocycles. The highest BCUT2D eigenvalue weighted by molar-refractivity contribution is 6.01. The largest absolute Gasteiger partial charge is 0.493 e. The first-order valence-electron chi connectivity index (χ1n) is 7.47. The van der Waals surface area contributed by atoms with E-state index >= 15 is 0 Å². The molecule has 1 amide bonds. The van der Waals surface area contributed by atoms with E-state index in [1.54, 1.807) is 25.3 Å². The molecule has 6 nitrogen and oxygen atoms in total. The molecule has 0 aromatic heterocycles. The molecular weight excluding hydrogens is 298 g/mol. The molecule has 2 N–H and O–H groups in total. The molecule has 0 bridgehead atoms. The third-order valence-corrected chi connectivity index (χ3v) is 3.83. The van der Waals surface area contributed by atoms with Crippen molar-refractivity contribution in [3.05, 3.63) is 29.3 Å². The Labute approximate surface area is 135 Å². The highest BCUT2D eigenvalue weighted by atomic mass is 16.5. The van der Waals surface area contributed by atoms with Crippen LogP contribution >= 0.6 is 0 Å². The Balaban J connectivity index is 2.23. The van der Waals surface area contributed by atoms with Crippen molar-refractivity contribution in [3.8, 4) is 11.5 Å². The fraction of sp³-hybridized carbons (Fsp3) is 0.412. The Hall–Kier alpha value is -2.50. The number of amides is 1. The number of carboxylic acids is 1. The van der Waals surface area contributed by atoms with Crippen molar-refractivity contribution in [3.63, 3.8) is 0 Å². The SMILES string of the molecule is CCCC(C)(NC(=O)C1=Cc2cccc(OC)c2OC1)C(=O)O. The van der Waals surface area contributed by atoms with Crippen LogP contribution in [0, 0.1) is 0 Å². The van der Waals surface area contributed by atoms with Crippen molar-refractivity contribution in [2.45, 2.75) is 32.2 Å². The van der Waals surface area contributed by atoms with Crippen LogP contribution < -0.4 is 14.8 Å². The van der Waals surface area contributed by atoms with Gasteiger partial charge in [0.05, 0.1) is 12.7 Å². The minimum absolute atomic E-state index is 0.0705. The lowest BCUT2D eigenvalue weighted by Crippen LogP contribution is -2.52. The van der Waals surface area contributed by atoms with Crippen LogP contribution in [0.15, 0.2) is 23.8 Å². The van der Waals surface area contributed by atoms with Crippen LogP contribution in [0.25, 0.3) is 6.08 Å². The molecule has 23 heavy (non-hydrogen) atoms. The van der Waals surface area contributed by atoms with Gasteiger partial charge in [-0.05, 0) is 25.5 Å². The third kappa shape index (κ3) is 3.47. The van der Waals surface area contributed by atoms with Gasteiger partial charge in [0.1, 0.15) is 12.1 Å². The summed E-state index contributed by atoms with van der Waals surface area (Å²) in [6, 6.07) is 5.39. The Kier molecular flexibility index (Phi) is 4.93. The molecule has 0 fully saturated rings. The molecule has 6 heteroatoms. The molecule has 0 radical (unpaired) electrons. The average Bonchev–Trinajstić information content (AvgIpc) is 2.53. The van der Waals surface area contributed by atoms with Gasteiger partial charge in [0, 0.05) is 5.56 Å². The Morgan fingerprint density at radius 1 is 1.43 bits per heavy atom. The van der Waals surface area contributed by atoms with E-state index < -0.39 is 17.4 Å². The van der Waals surface area contributed by atoms with Gasteiger partial charge in [0.2, 0.25) is 0 Å². The lowest BCUT2D eigenvalue weighted by atomic mass is 9.95. The first kappa shape index (κ1) is 16.9. The van der Waals surface area contributed by atoms with Crippen molar-refractivity contribution in [1.29, 1.82) is 0 Å². The minimum atomic E-state index is -1.29. The van der Waals surface area contributed by atoms with Crippen molar-refractivity contribution in [2.24, 2.45) is 0 Å². The summed E-state index contributed by atoms with van der Waals surface area (Å²) in [6.07, 6.45) is 2.70. The van der Waals surface area contributed by atoms with Crippen LogP contribution in [0.2, 0.25) is 0 Å². The summed E-state index contributed by atoms with van der Waals surface area (Å²) in [5.74, 6) is -0.301. The molecule has 1 unspecified atom stereocenters. The molecule has 1 aromatic rings. The number of fused-ring (bicyclic) bond motifs is 1. The van der Waals surface area contributed by atoms with E-state index in [2.05, 4.69) is 5.32 Å². The first-order valence-corrected chi connectivity index (χ1v) is 7.47. The Morgan fingerprint density at radius 3 is 2.78 bits per heavy atom. The average molecular weight is 319 g/mol. The molecule has 1 heterocycles. The fourth-order valence-corrected chi connectivity index (χ4v) is 2.53. The van der Waals surface area contributed by atoms with Crippen LogP contribution in [0.3, 0.4) is 0 Å². The van der Waals surface area contributed by atoms with Crippen LogP contribution in [-0.4, -0.2) is 36.2 Å². The van der Waals surface area contributed by atoms with Gasteiger partial charge < -0.3 is 19.9 Å². The smallest absolute Gasteiger partial charge is 0.329 e. The van der Waals surface area contributed by atoms with Crippen LogP contribution in [0.4, 0.5) is 0 Å². The summed E-state index contributed by atoms with van der Waals surface area (Å²) >= 11 is 0. The van der Waals surface area contributed by atoms with Crippen molar-refractivity contribution in [1.82, 2.24) is 5.32 Å². The highest BCUT2D eigenvalue weighted by Crippen LogP contribution is 2.35. The number of aliphatic carboxylic acids is 1. The normalized spacial score (nSPS) is 15.5. The second-order valence-corrected chi connectivity index (χ2v) is 5.68.